The number of fused-ring (bicyclic) bond motifs is 4. The Morgan fingerprint density at radius 3 is 2.71 bits per heavy atom. The number of aryl methyl sites for hydroxylation is 1. The average Bonchev–Trinajstić information content (AvgIpc) is 2.56. The van der Waals surface area contributed by atoms with Gasteiger partial charge in [0.1, 0.15) is 0 Å². The molecule has 114 valence electrons. The number of nitrogens with two attached hydrogens (primary N) is 1. The fraction of sp³-hybridized carbons (Fsp3) is 0.667. The molecule has 0 amide bonds. The Morgan fingerprint density at radius 1 is 1.14 bits per heavy atom. The Morgan fingerprint density at radius 2 is 1.95 bits per heavy atom. The molecule has 4 aliphatic rings. The fourth-order valence-corrected chi connectivity index (χ4v) is 4.65. The Bertz CT molecular complexity index is 493. The number of hydrogen-bond donors (Lipinski definition) is 1. The van der Waals surface area contributed by atoms with Crippen molar-refractivity contribution in [2.24, 2.45) is 5.73 Å². The number of nitrogens with zero attached hydrogens (tertiary/aromatic N) is 2. The summed E-state index contributed by atoms with van der Waals surface area (Å²) in [5, 5.41) is 0. The van der Waals surface area contributed by atoms with Crippen LogP contribution in [0.2, 0.25) is 0 Å². The van der Waals surface area contributed by atoms with Crippen molar-refractivity contribution in [3.63, 3.8) is 0 Å². The van der Waals surface area contributed by atoms with Gasteiger partial charge in [-0.05, 0) is 42.7 Å². The largest absolute Gasteiger partial charge is 0.326 e. The number of rotatable bonds is 3. The molecule has 0 spiro atoms. The van der Waals surface area contributed by atoms with E-state index >= 15 is 0 Å². The first-order valence-electron chi connectivity index (χ1n) is 8.61. The Hall–Kier alpha value is -0.900. The molecule has 0 aromatic heterocycles. The van der Waals surface area contributed by atoms with E-state index in [1.54, 1.807) is 11.1 Å². The summed E-state index contributed by atoms with van der Waals surface area (Å²) in [7, 11) is 0. The zero-order chi connectivity index (χ0) is 14.2. The summed E-state index contributed by atoms with van der Waals surface area (Å²) in [6.45, 7) is 6.12. The molecule has 3 saturated heterocycles. The lowest BCUT2D eigenvalue weighted by atomic mass is 9.78. The van der Waals surface area contributed by atoms with Gasteiger partial charge in [-0.2, -0.15) is 0 Å². The first-order chi connectivity index (χ1) is 10.3. The molecular formula is C18H27N3. The van der Waals surface area contributed by atoms with Gasteiger partial charge < -0.3 is 5.73 Å². The molecule has 2 N–H and O–H groups in total. The average molecular weight is 285 g/mol. The topological polar surface area (TPSA) is 32.5 Å². The molecule has 3 heterocycles. The molecule has 1 aromatic carbocycles. The number of piperazine rings is 3. The first-order valence-corrected chi connectivity index (χ1v) is 8.61. The van der Waals surface area contributed by atoms with Crippen molar-refractivity contribution < 1.29 is 0 Å². The van der Waals surface area contributed by atoms with Crippen LogP contribution in [0.5, 0.6) is 0 Å². The quantitative estimate of drug-likeness (QED) is 0.919. The van der Waals surface area contributed by atoms with E-state index < -0.39 is 0 Å². The predicted octanol–water partition coefficient (Wildman–Crippen LogP) is 1.82. The van der Waals surface area contributed by atoms with E-state index in [9.17, 15) is 0 Å². The summed E-state index contributed by atoms with van der Waals surface area (Å²) in [5.74, 6) is 0.682. The Labute approximate surface area is 128 Å². The molecule has 1 aromatic rings. The van der Waals surface area contributed by atoms with Crippen LogP contribution >= 0.6 is 0 Å². The van der Waals surface area contributed by atoms with Crippen molar-refractivity contribution in [1.82, 2.24) is 9.80 Å². The van der Waals surface area contributed by atoms with Crippen LogP contribution in [0.15, 0.2) is 24.3 Å². The highest BCUT2D eigenvalue weighted by molar-refractivity contribution is 5.32. The summed E-state index contributed by atoms with van der Waals surface area (Å²) >= 11 is 0. The van der Waals surface area contributed by atoms with Crippen LogP contribution in [-0.4, -0.2) is 54.6 Å². The lowest BCUT2D eigenvalue weighted by Gasteiger charge is -2.50. The van der Waals surface area contributed by atoms with Gasteiger partial charge in [0.15, 0.2) is 0 Å². The fourth-order valence-electron chi connectivity index (χ4n) is 4.65. The van der Waals surface area contributed by atoms with Crippen LogP contribution < -0.4 is 5.73 Å². The molecule has 3 unspecified atom stereocenters. The zero-order valence-corrected chi connectivity index (χ0v) is 12.9. The van der Waals surface area contributed by atoms with Gasteiger partial charge in [0, 0.05) is 44.8 Å². The second-order valence-corrected chi connectivity index (χ2v) is 7.09. The predicted molar refractivity (Wildman–Crippen MR) is 86.5 cm³/mol. The van der Waals surface area contributed by atoms with Crippen LogP contribution in [0.4, 0.5) is 0 Å². The maximum absolute atomic E-state index is 6.65. The highest BCUT2D eigenvalue weighted by Crippen LogP contribution is 2.35. The van der Waals surface area contributed by atoms with E-state index in [0.29, 0.717) is 18.0 Å². The molecule has 3 nitrogen and oxygen atoms in total. The SMILES string of the molecule is NC(CC1CCCc2ccccc21)C1CN2CCN1CC2. The third-order valence-electron chi connectivity index (χ3n) is 5.87. The van der Waals surface area contributed by atoms with Gasteiger partial charge in [0.05, 0.1) is 0 Å². The van der Waals surface area contributed by atoms with Gasteiger partial charge in [0.25, 0.3) is 0 Å². The molecule has 3 heteroatoms. The summed E-state index contributed by atoms with van der Waals surface area (Å²) < 4.78 is 0. The van der Waals surface area contributed by atoms with Crippen LogP contribution in [0.25, 0.3) is 0 Å². The number of benzene rings is 1. The molecule has 1 aliphatic carbocycles. The molecule has 2 bridgehead atoms. The van der Waals surface area contributed by atoms with Crippen molar-refractivity contribution in [2.75, 3.05) is 32.7 Å². The molecular weight excluding hydrogens is 258 g/mol. The molecule has 3 atom stereocenters. The molecule has 3 fully saturated rings. The van der Waals surface area contributed by atoms with Gasteiger partial charge in [-0.25, -0.2) is 0 Å². The minimum absolute atomic E-state index is 0.323. The normalized spacial score (nSPS) is 36.2. The Balaban J connectivity index is 1.47. The molecule has 5 rings (SSSR count). The van der Waals surface area contributed by atoms with E-state index in [0.717, 1.165) is 6.42 Å². The van der Waals surface area contributed by atoms with E-state index in [1.165, 1.54) is 52.0 Å². The van der Waals surface area contributed by atoms with Crippen LogP contribution in [0, 0.1) is 0 Å². The lowest BCUT2D eigenvalue weighted by molar-refractivity contribution is 0.000313. The van der Waals surface area contributed by atoms with Crippen molar-refractivity contribution in [2.45, 2.75) is 43.7 Å². The van der Waals surface area contributed by atoms with Crippen LogP contribution in [0.1, 0.15) is 36.3 Å². The third kappa shape index (κ3) is 2.63. The summed E-state index contributed by atoms with van der Waals surface area (Å²) in [6.07, 6.45) is 5.06. The van der Waals surface area contributed by atoms with E-state index in [1.807, 2.05) is 0 Å². The van der Waals surface area contributed by atoms with E-state index in [-0.39, 0.29) is 0 Å². The molecule has 0 saturated carbocycles. The first kappa shape index (κ1) is 13.7. The van der Waals surface area contributed by atoms with Crippen molar-refractivity contribution >= 4 is 0 Å². The monoisotopic (exact) mass is 285 g/mol. The summed E-state index contributed by atoms with van der Waals surface area (Å²) in [5.41, 5.74) is 9.80. The smallest absolute Gasteiger partial charge is 0.0375 e. The third-order valence-corrected chi connectivity index (χ3v) is 5.87. The maximum Gasteiger partial charge on any atom is 0.0375 e. The minimum Gasteiger partial charge on any atom is -0.326 e. The van der Waals surface area contributed by atoms with Gasteiger partial charge in [-0.3, -0.25) is 9.80 Å². The molecule has 0 radical (unpaired) electrons. The van der Waals surface area contributed by atoms with E-state index in [4.69, 9.17) is 5.73 Å². The van der Waals surface area contributed by atoms with Gasteiger partial charge in [-0.15, -0.1) is 0 Å². The van der Waals surface area contributed by atoms with Gasteiger partial charge in [0.2, 0.25) is 0 Å². The van der Waals surface area contributed by atoms with E-state index in [2.05, 4.69) is 34.1 Å². The van der Waals surface area contributed by atoms with Crippen LogP contribution in [-0.2, 0) is 6.42 Å². The summed E-state index contributed by atoms with van der Waals surface area (Å²) in [6, 6.07) is 9.93. The van der Waals surface area contributed by atoms with Gasteiger partial charge >= 0.3 is 0 Å². The molecule has 3 aliphatic heterocycles. The zero-order valence-electron chi connectivity index (χ0n) is 12.9. The second-order valence-electron chi connectivity index (χ2n) is 7.09. The minimum atomic E-state index is 0.323. The molecule has 21 heavy (non-hydrogen) atoms. The second kappa shape index (κ2) is 5.71. The lowest BCUT2D eigenvalue weighted by Crippen LogP contribution is -2.65. The van der Waals surface area contributed by atoms with Crippen LogP contribution in [0.3, 0.4) is 0 Å². The Kier molecular flexibility index (Phi) is 3.74. The highest BCUT2D eigenvalue weighted by Gasteiger charge is 2.36. The standard InChI is InChI=1S/C18H27N3/c19-17(18-13-20-8-10-21(18)11-9-20)12-15-6-3-5-14-4-1-2-7-16(14)15/h1-2,4,7,15,17-18H,3,5-6,8-13,19H2. The summed E-state index contributed by atoms with van der Waals surface area (Å²) in [4.78, 5) is 5.23. The van der Waals surface area contributed by atoms with Gasteiger partial charge in [-0.1, -0.05) is 24.3 Å². The van der Waals surface area contributed by atoms with Crippen molar-refractivity contribution in [3.8, 4) is 0 Å². The number of hydrogen-bond acceptors (Lipinski definition) is 3. The van der Waals surface area contributed by atoms with Crippen molar-refractivity contribution in [3.05, 3.63) is 35.4 Å². The highest BCUT2D eigenvalue weighted by atomic mass is 15.3. The maximum atomic E-state index is 6.65. The van der Waals surface area contributed by atoms with Crippen molar-refractivity contribution in [1.29, 1.82) is 0 Å².